The molecule has 6 heteroatoms. The molecule has 1 N–H and O–H groups in total. The van der Waals surface area contributed by atoms with Gasteiger partial charge in [0.15, 0.2) is 6.10 Å². The minimum Gasteiger partial charge on any atom is -0.481 e. The molecule has 0 aromatic heterocycles. The Morgan fingerprint density at radius 3 is 2.44 bits per heavy atom. The summed E-state index contributed by atoms with van der Waals surface area (Å²) in [4.78, 5) is 25.8. The zero-order valence-corrected chi connectivity index (χ0v) is 14.6. The maximum absolute atomic E-state index is 12.3. The number of carbonyl (C=O) groups excluding carboxylic acids is 2. The van der Waals surface area contributed by atoms with Gasteiger partial charge in [0.25, 0.3) is 5.91 Å². The minimum absolute atomic E-state index is 0.141. The van der Waals surface area contributed by atoms with Gasteiger partial charge < -0.3 is 15.0 Å². The lowest BCUT2D eigenvalue weighted by molar-refractivity contribution is -0.122. The lowest BCUT2D eigenvalue weighted by atomic mass is 10.2. The van der Waals surface area contributed by atoms with E-state index in [2.05, 4.69) is 5.32 Å². The molecule has 0 radical (unpaired) electrons. The molecule has 2 amide bonds. The molecule has 1 unspecified atom stereocenters. The number of benzene rings is 2. The van der Waals surface area contributed by atoms with Crippen LogP contribution in [0.4, 0.5) is 11.4 Å². The van der Waals surface area contributed by atoms with Gasteiger partial charge in [0, 0.05) is 29.4 Å². The van der Waals surface area contributed by atoms with Crippen molar-refractivity contribution >= 4 is 34.8 Å². The Balaban J connectivity index is 1.58. The Kier molecular flexibility index (Phi) is 5.24. The molecule has 1 fully saturated rings. The van der Waals surface area contributed by atoms with Gasteiger partial charge in [-0.1, -0.05) is 11.6 Å². The average molecular weight is 359 g/mol. The first-order valence-corrected chi connectivity index (χ1v) is 8.54. The monoisotopic (exact) mass is 358 g/mol. The van der Waals surface area contributed by atoms with Crippen molar-refractivity contribution in [2.24, 2.45) is 0 Å². The molecule has 0 bridgehead atoms. The molecule has 1 aliphatic rings. The molecule has 0 aliphatic carbocycles. The van der Waals surface area contributed by atoms with E-state index in [1.165, 1.54) is 0 Å². The first kappa shape index (κ1) is 17.3. The zero-order valence-electron chi connectivity index (χ0n) is 13.9. The third kappa shape index (κ3) is 4.31. The number of halogens is 1. The highest BCUT2D eigenvalue weighted by Crippen LogP contribution is 2.23. The van der Waals surface area contributed by atoms with Crippen molar-refractivity contribution in [3.05, 3.63) is 53.6 Å². The molecular weight excluding hydrogens is 340 g/mol. The molecule has 0 saturated carbocycles. The van der Waals surface area contributed by atoms with Crippen LogP contribution in [0.25, 0.3) is 0 Å². The molecule has 5 nitrogen and oxygen atoms in total. The van der Waals surface area contributed by atoms with Crippen molar-refractivity contribution in [3.63, 3.8) is 0 Å². The molecule has 2 aromatic carbocycles. The van der Waals surface area contributed by atoms with Gasteiger partial charge in [0.05, 0.1) is 0 Å². The van der Waals surface area contributed by atoms with Crippen molar-refractivity contribution in [2.75, 3.05) is 16.8 Å². The Morgan fingerprint density at radius 2 is 1.84 bits per heavy atom. The van der Waals surface area contributed by atoms with E-state index in [0.717, 1.165) is 18.7 Å². The van der Waals surface area contributed by atoms with Crippen LogP contribution in [0.3, 0.4) is 0 Å². The van der Waals surface area contributed by atoms with Crippen LogP contribution in [-0.2, 0) is 9.59 Å². The molecule has 1 atom stereocenters. The fraction of sp³-hybridized carbons (Fsp3) is 0.263. The van der Waals surface area contributed by atoms with Crippen LogP contribution >= 0.6 is 11.6 Å². The van der Waals surface area contributed by atoms with Crippen LogP contribution in [0, 0.1) is 0 Å². The van der Waals surface area contributed by atoms with Crippen LogP contribution in [-0.4, -0.2) is 24.5 Å². The molecule has 3 rings (SSSR count). The van der Waals surface area contributed by atoms with Crippen molar-refractivity contribution in [2.45, 2.75) is 25.9 Å². The number of amides is 2. The highest BCUT2D eigenvalue weighted by Gasteiger charge is 2.21. The average Bonchev–Trinajstić information content (AvgIpc) is 3.03. The Bertz CT molecular complexity index is 759. The van der Waals surface area contributed by atoms with Gasteiger partial charge in [-0.15, -0.1) is 0 Å². The largest absolute Gasteiger partial charge is 0.481 e. The quantitative estimate of drug-likeness (QED) is 0.882. The number of nitrogens with one attached hydrogen (secondary N) is 1. The van der Waals surface area contributed by atoms with Crippen LogP contribution in [0.2, 0.25) is 5.02 Å². The first-order valence-electron chi connectivity index (χ1n) is 8.16. The summed E-state index contributed by atoms with van der Waals surface area (Å²) < 4.78 is 5.60. The second-order valence-corrected chi connectivity index (χ2v) is 6.34. The summed E-state index contributed by atoms with van der Waals surface area (Å²) in [5.74, 6) is 0.469. The molecule has 2 aromatic rings. The van der Waals surface area contributed by atoms with E-state index in [1.807, 2.05) is 12.1 Å². The molecule has 130 valence electrons. The molecule has 1 aliphatic heterocycles. The van der Waals surface area contributed by atoms with E-state index in [4.69, 9.17) is 16.3 Å². The molecule has 25 heavy (non-hydrogen) atoms. The van der Waals surface area contributed by atoms with Gasteiger partial charge in [-0.3, -0.25) is 9.59 Å². The SMILES string of the molecule is CC(Oc1ccc(Cl)cc1)C(=O)Nc1ccc(N2CCCC2=O)cc1. The first-order chi connectivity index (χ1) is 12.0. The third-order valence-corrected chi connectivity index (χ3v) is 4.27. The van der Waals surface area contributed by atoms with Gasteiger partial charge >= 0.3 is 0 Å². The smallest absolute Gasteiger partial charge is 0.265 e. The number of carbonyl (C=O) groups is 2. The Morgan fingerprint density at radius 1 is 1.16 bits per heavy atom. The Labute approximate surface area is 151 Å². The van der Waals surface area contributed by atoms with E-state index in [9.17, 15) is 9.59 Å². The number of nitrogens with zero attached hydrogens (tertiary/aromatic N) is 1. The van der Waals surface area contributed by atoms with Gasteiger partial charge in [-0.2, -0.15) is 0 Å². The van der Waals surface area contributed by atoms with Crippen LogP contribution in [0.15, 0.2) is 48.5 Å². The van der Waals surface area contributed by atoms with E-state index in [1.54, 1.807) is 48.2 Å². The number of hydrogen-bond acceptors (Lipinski definition) is 3. The summed E-state index contributed by atoms with van der Waals surface area (Å²) in [6.07, 6.45) is 0.829. The van der Waals surface area contributed by atoms with Gasteiger partial charge in [-0.05, 0) is 61.9 Å². The predicted octanol–water partition coefficient (Wildman–Crippen LogP) is 3.87. The second kappa shape index (κ2) is 7.57. The summed E-state index contributed by atoms with van der Waals surface area (Å²) in [7, 11) is 0. The van der Waals surface area contributed by atoms with Crippen molar-refractivity contribution in [1.82, 2.24) is 0 Å². The van der Waals surface area contributed by atoms with E-state index in [0.29, 0.717) is 22.9 Å². The normalized spacial score (nSPS) is 15.1. The standard InChI is InChI=1S/C19H19ClN2O3/c1-13(25-17-10-4-14(20)5-11-17)19(24)21-15-6-8-16(9-7-15)22-12-2-3-18(22)23/h4-11,13H,2-3,12H2,1H3,(H,21,24). The topological polar surface area (TPSA) is 58.6 Å². The molecule has 1 heterocycles. The summed E-state index contributed by atoms with van der Waals surface area (Å²) >= 11 is 5.83. The van der Waals surface area contributed by atoms with Crippen molar-refractivity contribution < 1.29 is 14.3 Å². The highest BCUT2D eigenvalue weighted by molar-refractivity contribution is 6.30. The third-order valence-electron chi connectivity index (χ3n) is 4.02. The van der Waals surface area contributed by atoms with Crippen LogP contribution in [0.5, 0.6) is 5.75 Å². The van der Waals surface area contributed by atoms with Crippen molar-refractivity contribution in [3.8, 4) is 5.75 Å². The van der Waals surface area contributed by atoms with E-state index < -0.39 is 6.10 Å². The second-order valence-electron chi connectivity index (χ2n) is 5.90. The van der Waals surface area contributed by atoms with Gasteiger partial charge in [0.2, 0.25) is 5.91 Å². The van der Waals surface area contributed by atoms with E-state index in [-0.39, 0.29) is 11.8 Å². The predicted molar refractivity (Wildman–Crippen MR) is 98.2 cm³/mol. The molecular formula is C19H19ClN2O3. The summed E-state index contributed by atoms with van der Waals surface area (Å²) in [6, 6.07) is 14.1. The van der Waals surface area contributed by atoms with Crippen LogP contribution < -0.4 is 15.0 Å². The fourth-order valence-electron chi connectivity index (χ4n) is 2.66. The van der Waals surface area contributed by atoms with Gasteiger partial charge in [-0.25, -0.2) is 0 Å². The summed E-state index contributed by atoms with van der Waals surface area (Å²) in [5, 5.41) is 3.42. The number of anilines is 2. The lowest BCUT2D eigenvalue weighted by Crippen LogP contribution is -2.30. The van der Waals surface area contributed by atoms with Crippen molar-refractivity contribution in [1.29, 1.82) is 0 Å². The molecule has 0 spiro atoms. The number of rotatable bonds is 5. The maximum Gasteiger partial charge on any atom is 0.265 e. The molecule has 1 saturated heterocycles. The number of hydrogen-bond donors (Lipinski definition) is 1. The van der Waals surface area contributed by atoms with Gasteiger partial charge in [0.1, 0.15) is 5.75 Å². The Hall–Kier alpha value is -2.53. The minimum atomic E-state index is -0.652. The van der Waals surface area contributed by atoms with Crippen LogP contribution in [0.1, 0.15) is 19.8 Å². The fourth-order valence-corrected chi connectivity index (χ4v) is 2.79. The summed E-state index contributed by atoms with van der Waals surface area (Å²) in [5.41, 5.74) is 1.51. The summed E-state index contributed by atoms with van der Waals surface area (Å²) in [6.45, 7) is 2.43. The number of ether oxygens (including phenoxy) is 1. The lowest BCUT2D eigenvalue weighted by Gasteiger charge is -2.17. The highest BCUT2D eigenvalue weighted by atomic mass is 35.5. The zero-order chi connectivity index (χ0) is 17.8. The maximum atomic E-state index is 12.3. The van der Waals surface area contributed by atoms with E-state index >= 15 is 0 Å².